The molecule has 1 aromatic rings. The molecule has 0 aromatic heterocycles. The lowest BCUT2D eigenvalue weighted by Gasteiger charge is -2.11. The topological polar surface area (TPSA) is 72.8 Å². The van der Waals surface area contributed by atoms with Crippen LogP contribution in [0.5, 0.6) is 5.75 Å². The van der Waals surface area contributed by atoms with Crippen LogP contribution < -0.4 is 4.74 Å². The largest absolute Gasteiger partial charge is 0.460 e. The fourth-order valence-corrected chi connectivity index (χ4v) is 2.28. The van der Waals surface area contributed by atoms with E-state index in [0.29, 0.717) is 5.57 Å². The third kappa shape index (κ3) is 7.44. The fourth-order valence-electron chi connectivity index (χ4n) is 1.08. The summed E-state index contributed by atoms with van der Waals surface area (Å²) < 4.78 is 9.26. The second kappa shape index (κ2) is 11.6. The van der Waals surface area contributed by atoms with Gasteiger partial charge in [0, 0.05) is 11.6 Å². The number of aliphatic hydroxyl groups is 1. The van der Waals surface area contributed by atoms with E-state index in [1.165, 1.54) is 0 Å². The van der Waals surface area contributed by atoms with E-state index in [4.69, 9.17) is 67.8 Å². The molecule has 25 heavy (non-hydrogen) atoms. The van der Waals surface area contributed by atoms with Crippen molar-refractivity contribution in [3.8, 4) is 5.75 Å². The number of aliphatic hydroxyl groups excluding tert-OH is 1. The number of esters is 2. The van der Waals surface area contributed by atoms with Crippen LogP contribution >= 0.6 is 58.0 Å². The van der Waals surface area contributed by atoms with E-state index >= 15 is 0 Å². The van der Waals surface area contributed by atoms with Crippen LogP contribution in [0.25, 0.3) is 0 Å². The van der Waals surface area contributed by atoms with Gasteiger partial charge in [-0.2, -0.15) is 0 Å². The molecule has 138 valence electrons. The summed E-state index contributed by atoms with van der Waals surface area (Å²) in [7, 11) is 0. The monoisotopic (exact) mass is 448 g/mol. The Hall–Kier alpha value is -0.950. The van der Waals surface area contributed by atoms with Crippen LogP contribution in [0, 0.1) is 0 Å². The molecule has 0 heterocycles. The molecular formula is C15H13Cl5O5. The molecule has 0 unspecified atom stereocenters. The number of carbonyl (C=O) groups is 2. The Balaban J connectivity index is 0.000000547. The van der Waals surface area contributed by atoms with Crippen LogP contribution in [0.1, 0.15) is 6.92 Å². The van der Waals surface area contributed by atoms with E-state index in [2.05, 4.69) is 17.9 Å². The van der Waals surface area contributed by atoms with Crippen LogP contribution in [-0.4, -0.2) is 30.3 Å². The van der Waals surface area contributed by atoms with Crippen molar-refractivity contribution in [2.24, 2.45) is 0 Å². The van der Waals surface area contributed by atoms with Crippen molar-refractivity contribution in [2.45, 2.75) is 6.92 Å². The van der Waals surface area contributed by atoms with Gasteiger partial charge in [0.05, 0.1) is 21.7 Å². The molecule has 0 aliphatic carbocycles. The van der Waals surface area contributed by atoms with Gasteiger partial charge in [-0.25, -0.2) is 9.59 Å². The van der Waals surface area contributed by atoms with Crippen LogP contribution in [-0.2, 0) is 14.3 Å². The summed E-state index contributed by atoms with van der Waals surface area (Å²) in [6, 6.07) is 0. The van der Waals surface area contributed by atoms with Crippen molar-refractivity contribution in [1.82, 2.24) is 0 Å². The highest BCUT2D eigenvalue weighted by atomic mass is 35.5. The lowest BCUT2D eigenvalue weighted by Crippen LogP contribution is -2.08. The summed E-state index contributed by atoms with van der Waals surface area (Å²) in [5.74, 6) is -1.34. The van der Waals surface area contributed by atoms with Gasteiger partial charge in [-0.05, 0) is 6.92 Å². The van der Waals surface area contributed by atoms with Gasteiger partial charge in [0.25, 0.3) is 0 Å². The molecule has 0 radical (unpaired) electrons. The maximum Gasteiger partial charge on any atom is 0.335 e. The van der Waals surface area contributed by atoms with E-state index in [-0.39, 0.29) is 44.1 Å². The third-order valence-electron chi connectivity index (χ3n) is 2.21. The first kappa shape index (κ1) is 24.1. The molecule has 1 N–H and O–H groups in total. The average molecular weight is 451 g/mol. The zero-order valence-corrected chi connectivity index (χ0v) is 16.7. The van der Waals surface area contributed by atoms with Gasteiger partial charge >= 0.3 is 11.9 Å². The van der Waals surface area contributed by atoms with Crippen LogP contribution in [0.4, 0.5) is 0 Å². The maximum atomic E-state index is 11.0. The van der Waals surface area contributed by atoms with Crippen molar-refractivity contribution in [3.63, 3.8) is 0 Å². The normalized spacial score (nSPS) is 9.56. The Bertz CT molecular complexity index is 658. The number of hydrogen-bond donors (Lipinski definition) is 1. The number of benzene rings is 1. The van der Waals surface area contributed by atoms with E-state index in [0.717, 1.165) is 6.08 Å². The van der Waals surface area contributed by atoms with E-state index in [1.54, 1.807) is 6.92 Å². The Morgan fingerprint density at radius 3 is 1.84 bits per heavy atom. The Morgan fingerprint density at radius 2 is 1.48 bits per heavy atom. The predicted molar refractivity (Wildman–Crippen MR) is 100 cm³/mol. The highest BCUT2D eigenvalue weighted by Gasteiger charge is 2.21. The molecule has 5 nitrogen and oxygen atoms in total. The van der Waals surface area contributed by atoms with Gasteiger partial charge in [-0.3, -0.25) is 0 Å². The molecule has 10 heteroatoms. The number of carbonyl (C=O) groups excluding carboxylic acids is 2. The average Bonchev–Trinajstić information content (AvgIpc) is 2.59. The van der Waals surface area contributed by atoms with Crippen molar-refractivity contribution >= 4 is 69.9 Å². The first-order valence-electron chi connectivity index (χ1n) is 6.37. The minimum absolute atomic E-state index is 0.00302. The molecule has 0 aliphatic heterocycles. The number of rotatable bonds is 5. The zero-order chi connectivity index (χ0) is 19.7. The molecule has 1 aromatic carbocycles. The molecule has 1 rings (SSSR count). The zero-order valence-electron chi connectivity index (χ0n) is 12.9. The lowest BCUT2D eigenvalue weighted by molar-refractivity contribution is -0.139. The van der Waals surface area contributed by atoms with E-state index < -0.39 is 11.9 Å². The molecule has 0 spiro atoms. The Labute approximate surface area is 169 Å². The Morgan fingerprint density at radius 1 is 1.04 bits per heavy atom. The maximum absolute atomic E-state index is 11.0. The quantitative estimate of drug-likeness (QED) is 0.221. The summed E-state index contributed by atoms with van der Waals surface area (Å²) in [5, 5.41) is 7.94. The second-order valence-corrected chi connectivity index (χ2v) is 6.05. The van der Waals surface area contributed by atoms with Crippen LogP contribution in [0.15, 0.2) is 24.8 Å². The van der Waals surface area contributed by atoms with Crippen molar-refractivity contribution in [3.05, 3.63) is 49.9 Å². The highest BCUT2D eigenvalue weighted by molar-refractivity contribution is 6.55. The van der Waals surface area contributed by atoms with E-state index in [9.17, 15) is 9.59 Å². The number of halogens is 5. The van der Waals surface area contributed by atoms with E-state index in [1.807, 2.05) is 0 Å². The second-order valence-electron chi connectivity index (χ2n) is 4.16. The standard InChI is InChI=1S/C9H3Cl5O2.C6H10O3/c1-2-3(15)16-9-7(13)5(11)4(10)6(12)8(9)14;1-5(2)6(8)9-4-3-7/h2H,1H2;7H,1,3-4H2,2H3. The van der Waals surface area contributed by atoms with Gasteiger partial charge in [0.15, 0.2) is 5.75 Å². The van der Waals surface area contributed by atoms with Crippen LogP contribution in [0.3, 0.4) is 0 Å². The summed E-state index contributed by atoms with van der Waals surface area (Å²) in [4.78, 5) is 21.5. The first-order valence-corrected chi connectivity index (χ1v) is 8.26. The van der Waals surface area contributed by atoms with Crippen molar-refractivity contribution < 1.29 is 24.2 Å². The molecule has 0 atom stereocenters. The smallest absolute Gasteiger partial charge is 0.335 e. The third-order valence-corrected chi connectivity index (χ3v) is 4.45. The molecule has 0 saturated heterocycles. The first-order chi connectivity index (χ1) is 11.6. The molecule has 0 bridgehead atoms. The van der Waals surface area contributed by atoms with Gasteiger partial charge < -0.3 is 14.6 Å². The van der Waals surface area contributed by atoms with Gasteiger partial charge in [-0.15, -0.1) is 0 Å². The molecule has 0 saturated carbocycles. The van der Waals surface area contributed by atoms with Crippen LogP contribution in [0.2, 0.25) is 25.1 Å². The molecule has 0 amide bonds. The summed E-state index contributed by atoms with van der Waals surface area (Å²) in [5.41, 5.74) is 0.350. The summed E-state index contributed by atoms with van der Waals surface area (Å²) in [6.45, 7) is 8.04. The van der Waals surface area contributed by atoms with Gasteiger partial charge in [0.2, 0.25) is 0 Å². The predicted octanol–water partition coefficient (Wildman–Crippen LogP) is 5.14. The molecular weight excluding hydrogens is 437 g/mol. The van der Waals surface area contributed by atoms with Gasteiger partial charge in [0.1, 0.15) is 16.7 Å². The Kier molecular flexibility index (Phi) is 11.2. The minimum atomic E-state index is -0.738. The highest BCUT2D eigenvalue weighted by Crippen LogP contribution is 2.48. The van der Waals surface area contributed by atoms with Crippen molar-refractivity contribution in [1.29, 1.82) is 0 Å². The number of hydrogen-bond acceptors (Lipinski definition) is 5. The minimum Gasteiger partial charge on any atom is -0.460 e. The molecule has 0 aliphatic rings. The number of ether oxygens (including phenoxy) is 2. The summed E-state index contributed by atoms with van der Waals surface area (Å²) >= 11 is 28.9. The van der Waals surface area contributed by atoms with Crippen molar-refractivity contribution in [2.75, 3.05) is 13.2 Å². The summed E-state index contributed by atoms with van der Waals surface area (Å²) in [6.07, 6.45) is 0.947. The SMILES string of the molecule is C=C(C)C(=O)OCCO.C=CC(=O)Oc1c(Cl)c(Cl)c(Cl)c(Cl)c1Cl. The fraction of sp³-hybridized carbons (Fsp3) is 0.200. The van der Waals surface area contributed by atoms with Gasteiger partial charge in [-0.1, -0.05) is 71.2 Å². The lowest BCUT2D eigenvalue weighted by atomic mass is 10.3. The molecule has 0 fully saturated rings.